The van der Waals surface area contributed by atoms with Crippen LogP contribution in [0.3, 0.4) is 0 Å². The van der Waals surface area contributed by atoms with Crippen molar-refractivity contribution in [3.63, 3.8) is 0 Å². The standard InChI is InChI=1S/C26H35N5O5/c1-16(2)12-19(25(33)31(7)14-20-17(3)29-36-30-20)28-24(32)18-10-8-9-11-21(18)34-15-23-27-13-22(35-23)26(4,5)6/h8-11,13,16,19H,12,14-15H2,1-7H3,(H,28,32)/t19-/m1/s1. The van der Waals surface area contributed by atoms with Crippen LogP contribution in [0.25, 0.3) is 0 Å². The Morgan fingerprint density at radius 3 is 2.50 bits per heavy atom. The molecule has 0 aliphatic rings. The van der Waals surface area contributed by atoms with Crippen molar-refractivity contribution in [2.24, 2.45) is 5.92 Å². The van der Waals surface area contributed by atoms with Gasteiger partial charge in [-0.05, 0) is 31.4 Å². The average Bonchev–Trinajstić information content (AvgIpc) is 3.45. The number of likely N-dealkylation sites (N-methyl/N-ethyl adjacent to an activating group) is 1. The number of hydrogen-bond acceptors (Lipinski definition) is 8. The fourth-order valence-electron chi connectivity index (χ4n) is 3.53. The van der Waals surface area contributed by atoms with E-state index in [-0.39, 0.29) is 30.4 Å². The molecule has 1 aromatic carbocycles. The highest BCUT2D eigenvalue weighted by molar-refractivity contribution is 5.99. The van der Waals surface area contributed by atoms with Crippen LogP contribution in [0.4, 0.5) is 0 Å². The number of aryl methyl sites for hydroxylation is 1. The van der Waals surface area contributed by atoms with Crippen LogP contribution < -0.4 is 10.1 Å². The number of carbonyl (C=O) groups is 2. The van der Waals surface area contributed by atoms with Gasteiger partial charge in [0.15, 0.2) is 6.61 Å². The van der Waals surface area contributed by atoms with Crippen molar-refractivity contribution in [3.8, 4) is 5.75 Å². The van der Waals surface area contributed by atoms with Crippen LogP contribution in [-0.4, -0.2) is 45.1 Å². The summed E-state index contributed by atoms with van der Waals surface area (Å²) in [5.41, 5.74) is 1.34. The number of rotatable bonds is 10. The molecular formula is C26H35N5O5. The van der Waals surface area contributed by atoms with Gasteiger partial charge in [0.25, 0.3) is 5.91 Å². The molecule has 2 amide bonds. The summed E-state index contributed by atoms with van der Waals surface area (Å²) in [4.78, 5) is 32.3. The van der Waals surface area contributed by atoms with Gasteiger partial charge in [0.2, 0.25) is 11.8 Å². The first-order valence-corrected chi connectivity index (χ1v) is 12.0. The van der Waals surface area contributed by atoms with Gasteiger partial charge in [0.05, 0.1) is 18.3 Å². The molecule has 1 N–H and O–H groups in total. The number of para-hydroxylation sites is 1. The highest BCUT2D eigenvalue weighted by Gasteiger charge is 2.27. The molecule has 1 atom stereocenters. The van der Waals surface area contributed by atoms with E-state index in [0.717, 1.165) is 5.76 Å². The summed E-state index contributed by atoms with van der Waals surface area (Å²) in [5, 5.41) is 10.5. The zero-order chi connectivity index (χ0) is 26.5. The molecule has 0 unspecified atom stereocenters. The fraction of sp³-hybridized carbons (Fsp3) is 0.500. The van der Waals surface area contributed by atoms with Crippen LogP contribution in [-0.2, 0) is 23.4 Å². The molecule has 10 nitrogen and oxygen atoms in total. The third-order valence-electron chi connectivity index (χ3n) is 5.60. The first kappa shape index (κ1) is 26.9. The summed E-state index contributed by atoms with van der Waals surface area (Å²) in [6.07, 6.45) is 2.16. The lowest BCUT2D eigenvalue weighted by molar-refractivity contribution is -0.133. The van der Waals surface area contributed by atoms with E-state index in [4.69, 9.17) is 13.8 Å². The zero-order valence-corrected chi connectivity index (χ0v) is 22.0. The van der Waals surface area contributed by atoms with E-state index in [1.54, 1.807) is 44.4 Å². The smallest absolute Gasteiger partial charge is 0.255 e. The minimum absolute atomic E-state index is 0.0720. The van der Waals surface area contributed by atoms with Crippen LogP contribution in [0.1, 0.15) is 74.4 Å². The molecule has 0 fully saturated rings. The summed E-state index contributed by atoms with van der Waals surface area (Å²) in [6.45, 7) is 12.2. The van der Waals surface area contributed by atoms with Gasteiger partial charge in [0.1, 0.15) is 28.9 Å². The highest BCUT2D eigenvalue weighted by Crippen LogP contribution is 2.24. The molecule has 2 heterocycles. The number of hydrogen-bond donors (Lipinski definition) is 1. The summed E-state index contributed by atoms with van der Waals surface area (Å²) >= 11 is 0. The quantitative estimate of drug-likeness (QED) is 0.445. The van der Waals surface area contributed by atoms with Crippen LogP contribution in [0, 0.1) is 12.8 Å². The van der Waals surface area contributed by atoms with Crippen LogP contribution in [0.2, 0.25) is 0 Å². The van der Waals surface area contributed by atoms with E-state index < -0.39 is 11.9 Å². The highest BCUT2D eigenvalue weighted by atomic mass is 16.6. The Morgan fingerprint density at radius 2 is 1.89 bits per heavy atom. The lowest BCUT2D eigenvalue weighted by Gasteiger charge is -2.25. The third kappa shape index (κ3) is 6.93. The van der Waals surface area contributed by atoms with Crippen molar-refractivity contribution < 1.29 is 23.4 Å². The summed E-state index contributed by atoms with van der Waals surface area (Å²) in [7, 11) is 1.66. The average molecular weight is 498 g/mol. The van der Waals surface area contributed by atoms with Gasteiger partial charge in [-0.3, -0.25) is 9.59 Å². The molecule has 2 aromatic heterocycles. The Morgan fingerprint density at radius 1 is 1.17 bits per heavy atom. The largest absolute Gasteiger partial charge is 0.483 e. The van der Waals surface area contributed by atoms with E-state index in [1.165, 1.54) is 4.90 Å². The van der Waals surface area contributed by atoms with Crippen LogP contribution in [0.15, 0.2) is 39.5 Å². The molecule has 0 radical (unpaired) electrons. The lowest BCUT2D eigenvalue weighted by Crippen LogP contribution is -2.48. The molecule has 3 aromatic rings. The number of amides is 2. The first-order valence-electron chi connectivity index (χ1n) is 12.0. The number of aromatic nitrogens is 3. The lowest BCUT2D eigenvalue weighted by atomic mass is 9.94. The van der Waals surface area contributed by atoms with Gasteiger partial charge in [-0.15, -0.1) is 0 Å². The van der Waals surface area contributed by atoms with Crippen molar-refractivity contribution in [3.05, 3.63) is 59.1 Å². The zero-order valence-electron chi connectivity index (χ0n) is 22.0. The number of ether oxygens (including phenoxy) is 1. The van der Waals surface area contributed by atoms with Crippen molar-refractivity contribution in [2.75, 3.05) is 7.05 Å². The maximum atomic E-state index is 13.3. The molecule has 0 saturated carbocycles. The molecule has 10 heteroatoms. The fourth-order valence-corrected chi connectivity index (χ4v) is 3.53. The molecule has 0 aliphatic heterocycles. The maximum Gasteiger partial charge on any atom is 0.255 e. The van der Waals surface area contributed by atoms with E-state index in [2.05, 4.69) is 20.6 Å². The number of benzene rings is 1. The van der Waals surface area contributed by atoms with E-state index >= 15 is 0 Å². The molecule has 0 spiro atoms. The minimum atomic E-state index is -0.725. The van der Waals surface area contributed by atoms with Gasteiger partial charge in [-0.25, -0.2) is 9.61 Å². The second-order valence-corrected chi connectivity index (χ2v) is 10.3. The van der Waals surface area contributed by atoms with Crippen molar-refractivity contribution in [1.82, 2.24) is 25.5 Å². The number of nitrogens with zero attached hydrogens (tertiary/aromatic N) is 4. The predicted octanol–water partition coefficient (Wildman–Crippen LogP) is 4.05. The van der Waals surface area contributed by atoms with Gasteiger partial charge >= 0.3 is 0 Å². The molecule has 0 bridgehead atoms. The summed E-state index contributed by atoms with van der Waals surface area (Å²) < 4.78 is 16.4. The molecule has 194 valence electrons. The Bertz CT molecular complexity index is 1180. The number of nitrogens with one attached hydrogen (secondary N) is 1. The Balaban J connectivity index is 1.71. The topological polar surface area (TPSA) is 124 Å². The predicted molar refractivity (Wildman–Crippen MR) is 132 cm³/mol. The van der Waals surface area contributed by atoms with Crippen LogP contribution >= 0.6 is 0 Å². The molecule has 0 saturated heterocycles. The third-order valence-corrected chi connectivity index (χ3v) is 5.60. The summed E-state index contributed by atoms with van der Waals surface area (Å²) in [6, 6.07) is 6.16. The number of oxazole rings is 1. The Labute approximate surface area is 211 Å². The molecule has 0 aliphatic carbocycles. The van der Waals surface area contributed by atoms with Gasteiger partial charge in [0, 0.05) is 12.5 Å². The monoisotopic (exact) mass is 497 g/mol. The molecular weight excluding hydrogens is 462 g/mol. The van der Waals surface area contributed by atoms with E-state index in [9.17, 15) is 9.59 Å². The maximum absolute atomic E-state index is 13.3. The van der Waals surface area contributed by atoms with Gasteiger partial charge < -0.3 is 19.4 Å². The first-order chi connectivity index (χ1) is 17.0. The van der Waals surface area contributed by atoms with Crippen molar-refractivity contribution >= 4 is 11.8 Å². The van der Waals surface area contributed by atoms with Gasteiger partial charge in [-0.1, -0.05) is 57.1 Å². The van der Waals surface area contributed by atoms with E-state index in [1.807, 2.05) is 34.6 Å². The van der Waals surface area contributed by atoms with Gasteiger partial charge in [-0.2, -0.15) is 0 Å². The SMILES string of the molecule is Cc1nonc1CN(C)C(=O)[C@@H](CC(C)C)NC(=O)c1ccccc1OCc1ncc(C(C)(C)C)o1. The Kier molecular flexibility index (Phi) is 8.49. The molecule has 36 heavy (non-hydrogen) atoms. The van der Waals surface area contributed by atoms with Crippen molar-refractivity contribution in [1.29, 1.82) is 0 Å². The normalized spacial score (nSPS) is 12.4. The van der Waals surface area contributed by atoms with E-state index in [0.29, 0.717) is 35.0 Å². The van der Waals surface area contributed by atoms with Crippen molar-refractivity contribution in [2.45, 2.75) is 72.6 Å². The second kappa shape index (κ2) is 11.4. The summed E-state index contributed by atoms with van der Waals surface area (Å²) in [5.74, 6) is 1.09. The minimum Gasteiger partial charge on any atom is -0.483 e. The second-order valence-electron chi connectivity index (χ2n) is 10.3. The Hall–Kier alpha value is -3.69. The molecule has 3 rings (SSSR count). The van der Waals surface area contributed by atoms with Crippen LogP contribution in [0.5, 0.6) is 5.75 Å². The number of carbonyl (C=O) groups excluding carboxylic acids is 2.